The van der Waals surface area contributed by atoms with E-state index < -0.39 is 18.0 Å². The molecule has 1 aromatic carbocycles. The van der Waals surface area contributed by atoms with Gasteiger partial charge in [-0.25, -0.2) is 13.8 Å². The molecule has 2 N–H and O–H groups in total. The van der Waals surface area contributed by atoms with Gasteiger partial charge in [0.1, 0.15) is 5.82 Å². The van der Waals surface area contributed by atoms with Crippen LogP contribution >= 0.6 is 11.6 Å². The molecule has 2 aromatic heterocycles. The van der Waals surface area contributed by atoms with Gasteiger partial charge < -0.3 is 20.0 Å². The van der Waals surface area contributed by atoms with Gasteiger partial charge in [-0.3, -0.25) is 4.90 Å². The average molecular weight is 552 g/mol. The predicted molar refractivity (Wildman–Crippen MR) is 115 cm³/mol. The molecule has 14 nitrogen and oxygen atoms in total. The monoisotopic (exact) mass is 551 g/mol. The molecular formula is C18H18ClF4N9O5. The van der Waals surface area contributed by atoms with Crippen LogP contribution in [0.3, 0.4) is 0 Å². The van der Waals surface area contributed by atoms with Gasteiger partial charge in [0.25, 0.3) is 0 Å². The van der Waals surface area contributed by atoms with Crippen LogP contribution in [0.5, 0.6) is 0 Å². The molecule has 0 amide bonds. The van der Waals surface area contributed by atoms with E-state index >= 15 is 0 Å². The summed E-state index contributed by atoms with van der Waals surface area (Å²) >= 11 is 5.86. The van der Waals surface area contributed by atoms with Crippen molar-refractivity contribution in [1.29, 1.82) is 0 Å². The summed E-state index contributed by atoms with van der Waals surface area (Å²) in [5, 5.41) is 39.5. The number of oxime groups is 1. The fourth-order valence-electron chi connectivity index (χ4n) is 2.98. The van der Waals surface area contributed by atoms with Crippen LogP contribution in [-0.2, 0) is 16.1 Å². The Balaban J connectivity index is 0.000000479. The van der Waals surface area contributed by atoms with Gasteiger partial charge in [0, 0.05) is 25.8 Å². The van der Waals surface area contributed by atoms with E-state index in [1.807, 2.05) is 0 Å². The first-order valence-electron chi connectivity index (χ1n) is 10.1. The Morgan fingerprint density at radius 1 is 1.27 bits per heavy atom. The molecule has 1 aliphatic heterocycles. The van der Waals surface area contributed by atoms with Crippen molar-refractivity contribution in [2.45, 2.75) is 12.7 Å². The second kappa shape index (κ2) is 11.9. The number of hydrogen-bond donors (Lipinski definition) is 2. The van der Waals surface area contributed by atoms with Gasteiger partial charge in [-0.05, 0) is 38.9 Å². The van der Waals surface area contributed by atoms with Gasteiger partial charge in [-0.15, -0.1) is 5.10 Å². The van der Waals surface area contributed by atoms with Gasteiger partial charge in [-0.2, -0.15) is 17.9 Å². The van der Waals surface area contributed by atoms with Gasteiger partial charge >= 0.3 is 12.1 Å². The number of halogens is 5. The van der Waals surface area contributed by atoms with Crippen molar-refractivity contribution < 1.29 is 42.0 Å². The summed E-state index contributed by atoms with van der Waals surface area (Å²) in [5.41, 5.74) is 0.532. The van der Waals surface area contributed by atoms with Crippen LogP contribution in [-0.4, -0.2) is 97.1 Å². The number of nitrogens with zero attached hydrogens (tertiary/aromatic N) is 9. The third kappa shape index (κ3) is 6.86. The number of carboxylic acids is 1. The van der Waals surface area contributed by atoms with Crippen LogP contribution in [0.2, 0.25) is 5.02 Å². The van der Waals surface area contributed by atoms with E-state index in [1.165, 1.54) is 27.8 Å². The van der Waals surface area contributed by atoms with E-state index in [0.717, 1.165) is 13.1 Å². The molecule has 1 fully saturated rings. The summed E-state index contributed by atoms with van der Waals surface area (Å²) in [6, 6.07) is 4.06. The topological polar surface area (TPSA) is 168 Å². The molecule has 0 aliphatic carbocycles. The van der Waals surface area contributed by atoms with Crippen LogP contribution in [0.4, 0.5) is 23.2 Å². The first-order chi connectivity index (χ1) is 17.5. The zero-order chi connectivity index (χ0) is 27.2. The smallest absolute Gasteiger partial charge is 0.475 e. The number of amidine groups is 1. The fourth-order valence-corrected chi connectivity index (χ4v) is 3.16. The number of carbonyl (C=O) groups is 1. The normalized spacial score (nSPS) is 14.7. The number of alkyl halides is 3. The Labute approximate surface area is 209 Å². The summed E-state index contributed by atoms with van der Waals surface area (Å²) in [7, 11) is 1.59. The van der Waals surface area contributed by atoms with Crippen LogP contribution in [0.25, 0.3) is 5.82 Å². The molecule has 0 atom stereocenters. The maximum atomic E-state index is 13.5. The first-order valence-corrected chi connectivity index (χ1v) is 10.5. The van der Waals surface area contributed by atoms with Crippen molar-refractivity contribution in [2.75, 3.05) is 38.3 Å². The van der Waals surface area contributed by atoms with Crippen molar-refractivity contribution in [3.8, 4) is 5.82 Å². The molecule has 19 heteroatoms. The number of tetrazole rings is 1. The Bertz CT molecular complexity index is 1250. The van der Waals surface area contributed by atoms with Crippen molar-refractivity contribution >= 4 is 29.1 Å². The Morgan fingerprint density at radius 2 is 1.95 bits per heavy atom. The molecule has 4 rings (SSSR count). The second-order valence-electron chi connectivity index (χ2n) is 7.22. The first kappa shape index (κ1) is 27.7. The summed E-state index contributed by atoms with van der Waals surface area (Å²) in [5.74, 6) is -2.72. The number of carboxylic acid groups (broad SMARTS) is 1. The maximum Gasteiger partial charge on any atom is 0.490 e. The Hall–Kier alpha value is -3.90. The molecule has 3 aromatic rings. The molecular weight excluding hydrogens is 534 g/mol. The lowest BCUT2D eigenvalue weighted by atomic mass is 10.2. The second-order valence-corrected chi connectivity index (χ2v) is 7.62. The zero-order valence-corrected chi connectivity index (χ0v) is 19.6. The van der Waals surface area contributed by atoms with E-state index in [-0.39, 0.29) is 22.4 Å². The average Bonchev–Trinajstić information content (AvgIpc) is 3.51. The minimum Gasteiger partial charge on any atom is -0.475 e. The van der Waals surface area contributed by atoms with E-state index in [1.54, 1.807) is 7.05 Å². The molecule has 0 unspecified atom stereocenters. The highest BCUT2D eigenvalue weighted by Crippen LogP contribution is 2.24. The van der Waals surface area contributed by atoms with Gasteiger partial charge in [-0.1, -0.05) is 16.8 Å². The number of rotatable bonds is 5. The molecule has 0 bridgehead atoms. The number of aromatic nitrogens is 6. The Morgan fingerprint density at radius 3 is 2.54 bits per heavy atom. The van der Waals surface area contributed by atoms with Crippen molar-refractivity contribution in [1.82, 2.24) is 35.4 Å². The molecule has 200 valence electrons. The zero-order valence-electron chi connectivity index (χ0n) is 18.8. The fraction of sp³-hybridized carbons (Fsp3) is 0.389. The largest absolute Gasteiger partial charge is 0.490 e. The summed E-state index contributed by atoms with van der Waals surface area (Å²) in [4.78, 5) is 12.5. The minimum atomic E-state index is -5.08. The van der Waals surface area contributed by atoms with E-state index in [9.17, 15) is 22.8 Å². The van der Waals surface area contributed by atoms with Crippen molar-refractivity contribution in [3.63, 3.8) is 0 Å². The number of aliphatic carboxylic acids is 1. The van der Waals surface area contributed by atoms with Gasteiger partial charge in [0.2, 0.25) is 11.7 Å². The Kier molecular flexibility index (Phi) is 8.90. The molecule has 3 heterocycles. The molecule has 37 heavy (non-hydrogen) atoms. The predicted octanol–water partition coefficient (Wildman–Crippen LogP) is 1.58. The molecule has 1 aliphatic rings. The molecule has 0 saturated carbocycles. The molecule has 0 radical (unpaired) electrons. The summed E-state index contributed by atoms with van der Waals surface area (Å²) in [6.45, 7) is 3.20. The number of ether oxygens (including phenoxy) is 1. The quantitative estimate of drug-likeness (QED) is 0.155. The lowest BCUT2D eigenvalue weighted by Crippen LogP contribution is -2.36. The summed E-state index contributed by atoms with van der Waals surface area (Å²) < 4.78 is 56.8. The molecule has 1 saturated heterocycles. The van der Waals surface area contributed by atoms with Crippen molar-refractivity contribution in [2.24, 2.45) is 5.16 Å². The highest BCUT2D eigenvalue weighted by Gasteiger charge is 2.38. The lowest BCUT2D eigenvalue weighted by Gasteiger charge is -2.25. The number of anilines is 1. The third-order valence-corrected chi connectivity index (χ3v) is 5.12. The van der Waals surface area contributed by atoms with Crippen LogP contribution < -0.4 is 4.90 Å². The van der Waals surface area contributed by atoms with Crippen LogP contribution in [0.15, 0.2) is 28.0 Å². The lowest BCUT2D eigenvalue weighted by molar-refractivity contribution is -0.192. The SMILES string of the molecule is CN(C(=NO)c1nonc1-n1nnnc1CN1CCOCC1)c1ccc(F)c(Cl)c1.O=C(O)C(F)(F)F. The van der Waals surface area contributed by atoms with Crippen molar-refractivity contribution in [3.05, 3.63) is 40.6 Å². The number of benzene rings is 1. The van der Waals surface area contributed by atoms with Crippen LogP contribution in [0.1, 0.15) is 11.5 Å². The molecule has 0 spiro atoms. The highest BCUT2D eigenvalue weighted by atomic mass is 35.5. The highest BCUT2D eigenvalue weighted by molar-refractivity contribution is 6.31. The van der Waals surface area contributed by atoms with E-state index in [0.29, 0.717) is 31.3 Å². The third-order valence-electron chi connectivity index (χ3n) is 4.83. The van der Waals surface area contributed by atoms with Gasteiger partial charge in [0.15, 0.2) is 11.5 Å². The summed E-state index contributed by atoms with van der Waals surface area (Å²) in [6.07, 6.45) is -5.08. The van der Waals surface area contributed by atoms with E-state index in [2.05, 4.69) is 35.9 Å². The van der Waals surface area contributed by atoms with E-state index in [4.69, 9.17) is 30.9 Å². The van der Waals surface area contributed by atoms with Crippen LogP contribution in [0, 0.1) is 5.82 Å². The standard InChI is InChI=1S/C16H17ClFN9O3.C2HF3O2/c1-25(10-2-3-12(18)11(17)8-10)15(20-28)14-16(22-30-21-14)27-13(19-23-24-27)9-26-4-6-29-7-5-26;3-2(4,5)1(6)7/h2-3,8,28H,4-7,9H2,1H3;(H,6,7). The number of hydrogen-bond acceptors (Lipinski definition) is 11. The van der Waals surface area contributed by atoms with Gasteiger partial charge in [0.05, 0.1) is 24.8 Å². The minimum absolute atomic E-state index is 0.0262. The number of morpholine rings is 1. The maximum absolute atomic E-state index is 13.5.